The van der Waals surface area contributed by atoms with Crippen molar-refractivity contribution >= 4 is 23.4 Å². The van der Waals surface area contributed by atoms with E-state index in [0.29, 0.717) is 12.2 Å². The van der Waals surface area contributed by atoms with Gasteiger partial charge < -0.3 is 10.4 Å². The average Bonchev–Trinajstić information content (AvgIpc) is 2.70. The minimum atomic E-state index is -0.986. The van der Waals surface area contributed by atoms with E-state index in [-0.39, 0.29) is 22.4 Å². The highest BCUT2D eigenvalue weighted by Crippen LogP contribution is 2.46. The van der Waals surface area contributed by atoms with E-state index in [1.807, 2.05) is 13.0 Å². The molecule has 0 bridgehead atoms. The fourth-order valence-electron chi connectivity index (χ4n) is 4.20. The van der Waals surface area contributed by atoms with Crippen LogP contribution >= 0.6 is 0 Å². The molecule has 0 saturated carbocycles. The number of nitrogens with one attached hydrogen (secondary N) is 1. The number of rotatable bonds is 5. The quantitative estimate of drug-likeness (QED) is 0.620. The zero-order valence-electron chi connectivity index (χ0n) is 18.6. The molecule has 1 aliphatic rings. The largest absolute Gasteiger partial charge is 0.478 e. The van der Waals surface area contributed by atoms with Crippen LogP contribution in [0.2, 0.25) is 0 Å². The fourth-order valence-corrected chi connectivity index (χ4v) is 4.20. The monoisotopic (exact) mass is 408 g/mol. The van der Waals surface area contributed by atoms with Crippen LogP contribution in [0.4, 0.5) is 16.2 Å². The van der Waals surface area contributed by atoms with Crippen LogP contribution < -0.4 is 10.2 Å². The van der Waals surface area contributed by atoms with Gasteiger partial charge in [-0.2, -0.15) is 0 Å². The van der Waals surface area contributed by atoms with Crippen LogP contribution in [0.3, 0.4) is 0 Å². The Bertz CT molecular complexity index is 945. The maximum atomic E-state index is 13.1. The maximum absolute atomic E-state index is 13.1. The molecule has 30 heavy (non-hydrogen) atoms. The van der Waals surface area contributed by atoms with Gasteiger partial charge in [0.2, 0.25) is 0 Å². The van der Waals surface area contributed by atoms with Crippen molar-refractivity contribution < 1.29 is 14.7 Å². The lowest BCUT2D eigenvalue weighted by atomic mass is 9.63. The Morgan fingerprint density at radius 2 is 1.57 bits per heavy atom. The number of carboxylic acids is 1. The van der Waals surface area contributed by atoms with Gasteiger partial charge in [0.05, 0.1) is 5.56 Å². The van der Waals surface area contributed by atoms with E-state index in [9.17, 15) is 9.59 Å². The molecule has 0 spiro atoms. The van der Waals surface area contributed by atoms with Gasteiger partial charge in [0.15, 0.2) is 0 Å². The second-order valence-corrected chi connectivity index (χ2v) is 9.46. The van der Waals surface area contributed by atoms with Gasteiger partial charge in [-0.25, -0.2) is 9.59 Å². The van der Waals surface area contributed by atoms with Crippen LogP contribution in [0.5, 0.6) is 0 Å². The number of nitrogens with zero attached hydrogens (tertiary/aromatic N) is 1. The third-order valence-electron chi connectivity index (χ3n) is 6.22. The van der Waals surface area contributed by atoms with Gasteiger partial charge in [-0.1, -0.05) is 40.7 Å². The summed E-state index contributed by atoms with van der Waals surface area (Å²) >= 11 is 0. The smallest absolute Gasteiger partial charge is 0.335 e. The second kappa shape index (κ2) is 8.13. The normalized spacial score (nSPS) is 16.4. The average molecular weight is 409 g/mol. The molecular weight excluding hydrogens is 376 g/mol. The first kappa shape index (κ1) is 21.9. The molecule has 0 aliphatic heterocycles. The van der Waals surface area contributed by atoms with E-state index < -0.39 is 5.97 Å². The summed E-state index contributed by atoms with van der Waals surface area (Å²) in [6, 6.07) is 12.4. The number of aromatic carboxylic acids is 1. The Kier molecular flexibility index (Phi) is 5.93. The standard InChI is InChI=1S/C25H32N2O3/c1-6-15-27(23(30)26-18-9-7-17(8-10-18)22(28)29)19-11-12-20-21(16-19)25(4,5)14-13-24(20,2)3/h7-12,16H,6,13-15H2,1-5H3,(H,26,30)(H,28,29). The summed E-state index contributed by atoms with van der Waals surface area (Å²) in [4.78, 5) is 25.9. The van der Waals surface area contributed by atoms with Gasteiger partial charge in [-0.15, -0.1) is 0 Å². The molecule has 0 fully saturated rings. The summed E-state index contributed by atoms with van der Waals surface area (Å²) in [6.45, 7) is 11.8. The topological polar surface area (TPSA) is 69.6 Å². The van der Waals surface area contributed by atoms with E-state index in [4.69, 9.17) is 5.11 Å². The molecule has 2 aromatic rings. The van der Waals surface area contributed by atoms with Crippen molar-refractivity contribution in [3.63, 3.8) is 0 Å². The number of benzene rings is 2. The molecule has 0 heterocycles. The molecule has 2 aromatic carbocycles. The maximum Gasteiger partial charge on any atom is 0.335 e. The lowest BCUT2D eigenvalue weighted by molar-refractivity contribution is 0.0697. The van der Waals surface area contributed by atoms with Crippen molar-refractivity contribution in [2.75, 3.05) is 16.8 Å². The fraction of sp³-hybridized carbons (Fsp3) is 0.440. The lowest BCUT2D eigenvalue weighted by Crippen LogP contribution is -2.37. The zero-order chi connectivity index (χ0) is 22.1. The predicted octanol–water partition coefficient (Wildman–Crippen LogP) is 6.18. The molecule has 3 rings (SSSR count). The molecule has 160 valence electrons. The molecule has 0 atom stereocenters. The van der Waals surface area contributed by atoms with Crippen molar-refractivity contribution in [3.8, 4) is 0 Å². The molecule has 5 nitrogen and oxygen atoms in total. The van der Waals surface area contributed by atoms with E-state index >= 15 is 0 Å². The van der Waals surface area contributed by atoms with Gasteiger partial charge in [0, 0.05) is 17.9 Å². The van der Waals surface area contributed by atoms with Crippen molar-refractivity contribution in [1.29, 1.82) is 0 Å². The molecule has 5 heteroatoms. The molecular formula is C25H32N2O3. The van der Waals surface area contributed by atoms with E-state index in [0.717, 1.165) is 24.9 Å². The molecule has 2 N–H and O–H groups in total. The number of hydrogen-bond donors (Lipinski definition) is 2. The summed E-state index contributed by atoms with van der Waals surface area (Å²) in [5.74, 6) is -0.986. The number of carbonyl (C=O) groups excluding carboxylic acids is 1. The highest BCUT2D eigenvalue weighted by molar-refractivity contribution is 6.02. The van der Waals surface area contributed by atoms with Gasteiger partial charge in [0.25, 0.3) is 0 Å². The van der Waals surface area contributed by atoms with Crippen molar-refractivity contribution in [2.45, 2.75) is 64.7 Å². The first-order valence-corrected chi connectivity index (χ1v) is 10.6. The summed E-state index contributed by atoms with van der Waals surface area (Å²) in [6.07, 6.45) is 3.10. The van der Waals surface area contributed by atoms with Crippen LogP contribution in [-0.4, -0.2) is 23.7 Å². The Hall–Kier alpha value is -2.82. The number of carbonyl (C=O) groups is 2. The van der Waals surface area contributed by atoms with E-state index in [2.05, 4.69) is 45.1 Å². The van der Waals surface area contributed by atoms with Crippen molar-refractivity contribution in [1.82, 2.24) is 0 Å². The predicted molar refractivity (Wildman–Crippen MR) is 122 cm³/mol. The summed E-state index contributed by atoms with van der Waals surface area (Å²) in [5, 5.41) is 11.9. The third-order valence-corrected chi connectivity index (χ3v) is 6.22. The third kappa shape index (κ3) is 4.35. The highest BCUT2D eigenvalue weighted by Gasteiger charge is 2.37. The molecule has 1 aliphatic carbocycles. The lowest BCUT2D eigenvalue weighted by Gasteiger charge is -2.42. The van der Waals surface area contributed by atoms with E-state index in [1.54, 1.807) is 17.0 Å². The van der Waals surface area contributed by atoms with Crippen LogP contribution in [0, 0.1) is 0 Å². The Morgan fingerprint density at radius 3 is 2.13 bits per heavy atom. The molecule has 2 amide bonds. The molecule has 0 radical (unpaired) electrons. The number of hydrogen-bond acceptors (Lipinski definition) is 2. The van der Waals surface area contributed by atoms with Gasteiger partial charge >= 0.3 is 12.0 Å². The summed E-state index contributed by atoms with van der Waals surface area (Å²) in [5.41, 5.74) is 4.54. The van der Waals surface area contributed by atoms with Crippen LogP contribution in [0.1, 0.15) is 75.4 Å². The number of carboxylic acid groups (broad SMARTS) is 1. The molecule has 0 aromatic heterocycles. The summed E-state index contributed by atoms with van der Waals surface area (Å²) in [7, 11) is 0. The number of anilines is 2. The minimum absolute atomic E-state index is 0.0713. The molecule has 0 unspecified atom stereocenters. The van der Waals surface area contributed by atoms with Gasteiger partial charge in [-0.05, 0) is 77.6 Å². The SMILES string of the molecule is CCCN(C(=O)Nc1ccc(C(=O)O)cc1)c1ccc2c(c1)C(C)(C)CCC2(C)C. The van der Waals surface area contributed by atoms with Crippen LogP contribution in [-0.2, 0) is 10.8 Å². The number of amides is 2. The Balaban J connectivity index is 1.90. The Morgan fingerprint density at radius 1 is 0.967 bits per heavy atom. The first-order chi connectivity index (χ1) is 14.0. The Labute approximate surface area is 179 Å². The van der Waals surface area contributed by atoms with Crippen molar-refractivity contribution in [3.05, 3.63) is 59.2 Å². The number of urea groups is 1. The zero-order valence-corrected chi connectivity index (χ0v) is 18.6. The van der Waals surface area contributed by atoms with E-state index in [1.165, 1.54) is 23.3 Å². The first-order valence-electron chi connectivity index (χ1n) is 10.6. The second-order valence-electron chi connectivity index (χ2n) is 9.46. The van der Waals surface area contributed by atoms with Crippen LogP contribution in [0.25, 0.3) is 0 Å². The minimum Gasteiger partial charge on any atom is -0.478 e. The van der Waals surface area contributed by atoms with Crippen molar-refractivity contribution in [2.24, 2.45) is 0 Å². The summed E-state index contributed by atoms with van der Waals surface area (Å²) < 4.78 is 0. The number of fused-ring (bicyclic) bond motifs is 1. The van der Waals surface area contributed by atoms with Gasteiger partial charge in [0.1, 0.15) is 0 Å². The van der Waals surface area contributed by atoms with Crippen LogP contribution in [0.15, 0.2) is 42.5 Å². The molecule has 0 saturated heterocycles. The highest BCUT2D eigenvalue weighted by atomic mass is 16.4. The van der Waals surface area contributed by atoms with Gasteiger partial charge in [-0.3, -0.25) is 4.90 Å².